The van der Waals surface area contributed by atoms with Gasteiger partial charge in [0.15, 0.2) is 0 Å². The second kappa shape index (κ2) is 9.79. The van der Waals surface area contributed by atoms with Gasteiger partial charge in [0.05, 0.1) is 6.34 Å². The first-order chi connectivity index (χ1) is 15.4. The highest BCUT2D eigenvalue weighted by molar-refractivity contribution is 7.13. The minimum atomic E-state index is -0.282. The van der Waals surface area contributed by atoms with E-state index < -0.39 is 0 Å². The smallest absolute Gasteiger partial charge is 0.251 e. The van der Waals surface area contributed by atoms with Gasteiger partial charge in [-0.2, -0.15) is 0 Å². The lowest BCUT2D eigenvalue weighted by molar-refractivity contribution is 0.0950. The van der Waals surface area contributed by atoms with E-state index in [4.69, 9.17) is 0 Å². The van der Waals surface area contributed by atoms with Crippen molar-refractivity contribution < 1.29 is 9.90 Å². The van der Waals surface area contributed by atoms with E-state index >= 15 is 0 Å². The van der Waals surface area contributed by atoms with Gasteiger partial charge in [0.2, 0.25) is 0 Å². The van der Waals surface area contributed by atoms with Gasteiger partial charge in [-0.25, -0.2) is 4.99 Å². The molecule has 0 aliphatic rings. The molecule has 3 N–H and O–H groups in total. The maximum Gasteiger partial charge on any atom is 0.251 e. The molecule has 0 saturated heterocycles. The molecule has 0 radical (unpaired) electrons. The molecule has 0 unspecified atom stereocenters. The van der Waals surface area contributed by atoms with Crippen molar-refractivity contribution in [3.63, 3.8) is 0 Å². The minimum Gasteiger partial charge on any atom is -0.507 e. The standard InChI is InChI=1S/C27H33N3O2S/c1-26(2,3)21-14-19(15-22(24(21)31)27(4,5)6)25(32)28-16-18-9-11-20(12-10-18)29-17-30-23-8-7-13-33-23/h7-15,17,31H,16H2,1-6H3,(H,28,32)(H,29,30). The zero-order valence-electron chi connectivity index (χ0n) is 20.2. The SMILES string of the molecule is CC(C)(C)c1cc(C(=O)NCc2ccc(N/C=N/c3cccs3)cc2)cc(C(C)(C)C)c1O. The zero-order valence-corrected chi connectivity index (χ0v) is 21.0. The lowest BCUT2D eigenvalue weighted by Gasteiger charge is -2.28. The van der Waals surface area contributed by atoms with Gasteiger partial charge in [-0.3, -0.25) is 4.79 Å². The van der Waals surface area contributed by atoms with Crippen molar-refractivity contribution in [1.82, 2.24) is 5.32 Å². The average molecular weight is 464 g/mol. The fourth-order valence-electron chi connectivity index (χ4n) is 3.43. The van der Waals surface area contributed by atoms with E-state index in [1.165, 1.54) is 0 Å². The highest BCUT2D eigenvalue weighted by Gasteiger charge is 2.27. The number of carbonyl (C=O) groups is 1. The maximum absolute atomic E-state index is 13.0. The summed E-state index contributed by atoms with van der Waals surface area (Å²) in [5.74, 6) is 0.119. The van der Waals surface area contributed by atoms with Gasteiger partial charge >= 0.3 is 0 Å². The summed E-state index contributed by atoms with van der Waals surface area (Å²) < 4.78 is 0. The summed E-state index contributed by atoms with van der Waals surface area (Å²) in [6, 6.07) is 15.4. The number of phenolic OH excluding ortho intramolecular Hbond substituents is 1. The molecule has 33 heavy (non-hydrogen) atoms. The lowest BCUT2D eigenvalue weighted by atomic mass is 9.78. The van der Waals surface area contributed by atoms with Gasteiger partial charge in [0, 0.05) is 28.9 Å². The summed E-state index contributed by atoms with van der Waals surface area (Å²) in [6.07, 6.45) is 1.67. The molecule has 0 aliphatic heterocycles. The summed E-state index contributed by atoms with van der Waals surface area (Å²) in [4.78, 5) is 17.3. The van der Waals surface area contributed by atoms with Gasteiger partial charge in [-0.05, 0) is 58.2 Å². The first kappa shape index (κ1) is 24.5. The Labute approximate surface area is 200 Å². The number of hydrogen-bond donors (Lipinski definition) is 3. The Kier molecular flexibility index (Phi) is 7.28. The summed E-state index contributed by atoms with van der Waals surface area (Å²) >= 11 is 1.58. The molecule has 3 rings (SSSR count). The predicted molar refractivity (Wildman–Crippen MR) is 139 cm³/mol. The molecule has 0 atom stereocenters. The quantitative estimate of drug-likeness (QED) is 0.280. The second-order valence-corrected chi connectivity index (χ2v) is 11.1. The van der Waals surface area contributed by atoms with E-state index in [9.17, 15) is 9.90 Å². The Bertz CT molecular complexity index is 1080. The van der Waals surface area contributed by atoms with Crippen LogP contribution in [0.1, 0.15) is 68.6 Å². The van der Waals surface area contributed by atoms with Gasteiger partial charge < -0.3 is 15.7 Å². The molecule has 1 amide bonds. The first-order valence-electron chi connectivity index (χ1n) is 11.0. The number of nitrogens with zero attached hydrogens (tertiary/aromatic N) is 1. The van der Waals surface area contributed by atoms with Gasteiger partial charge in [0.25, 0.3) is 5.91 Å². The molecule has 174 valence electrons. The predicted octanol–water partition coefficient (Wildman–Crippen LogP) is 6.75. The third-order valence-electron chi connectivity index (χ3n) is 5.32. The number of aromatic hydroxyl groups is 1. The molecule has 0 bridgehead atoms. The van der Waals surface area contributed by atoms with Crippen LogP contribution in [0.15, 0.2) is 58.9 Å². The molecule has 2 aromatic carbocycles. The Hall–Kier alpha value is -3.12. The van der Waals surface area contributed by atoms with Gasteiger partial charge in [0.1, 0.15) is 10.8 Å². The first-order valence-corrected chi connectivity index (χ1v) is 11.9. The van der Waals surface area contributed by atoms with Crippen molar-refractivity contribution >= 4 is 34.3 Å². The summed E-state index contributed by atoms with van der Waals surface area (Å²) in [5.41, 5.74) is 3.47. The molecular weight excluding hydrogens is 430 g/mol. The topological polar surface area (TPSA) is 73.7 Å². The van der Waals surface area contributed by atoms with Crippen LogP contribution in [0.4, 0.5) is 10.7 Å². The van der Waals surface area contributed by atoms with E-state index in [2.05, 4.69) is 15.6 Å². The summed E-state index contributed by atoms with van der Waals surface area (Å²) in [5, 5.41) is 20.0. The second-order valence-electron chi connectivity index (χ2n) is 10.2. The lowest BCUT2D eigenvalue weighted by Crippen LogP contribution is -2.25. The van der Waals surface area contributed by atoms with Crippen molar-refractivity contribution in [1.29, 1.82) is 0 Å². The van der Waals surface area contributed by atoms with Crippen molar-refractivity contribution in [2.24, 2.45) is 4.99 Å². The van der Waals surface area contributed by atoms with Gasteiger partial charge in [-0.1, -0.05) is 53.7 Å². The molecule has 0 saturated carbocycles. The number of carbonyl (C=O) groups excluding carboxylic acids is 1. The van der Waals surface area contributed by atoms with Crippen LogP contribution in [0.25, 0.3) is 0 Å². The van der Waals surface area contributed by atoms with E-state index in [0.29, 0.717) is 12.1 Å². The number of hydrogen-bond acceptors (Lipinski definition) is 4. The molecule has 0 fully saturated rings. The van der Waals surface area contributed by atoms with E-state index in [-0.39, 0.29) is 22.5 Å². The molecule has 6 heteroatoms. The number of anilines is 1. The fourth-order valence-corrected chi connectivity index (χ4v) is 3.99. The van der Waals surface area contributed by atoms with Crippen molar-refractivity contribution in [2.75, 3.05) is 5.32 Å². The Morgan fingerprint density at radius 1 is 1.00 bits per heavy atom. The number of benzene rings is 2. The van der Waals surface area contributed by atoms with Crippen molar-refractivity contribution in [3.05, 3.63) is 76.2 Å². The third kappa shape index (κ3) is 6.45. The zero-order chi connectivity index (χ0) is 24.2. The van der Waals surface area contributed by atoms with E-state index in [1.54, 1.807) is 29.8 Å². The molecule has 1 aromatic heterocycles. The normalized spacial score (nSPS) is 12.2. The molecule has 3 aromatic rings. The number of amides is 1. The number of phenols is 1. The van der Waals surface area contributed by atoms with E-state index in [1.807, 2.05) is 83.3 Å². The summed E-state index contributed by atoms with van der Waals surface area (Å²) in [7, 11) is 0. The monoisotopic (exact) mass is 463 g/mol. The number of thiophene rings is 1. The fraction of sp³-hybridized carbons (Fsp3) is 0.333. The largest absolute Gasteiger partial charge is 0.507 e. The highest BCUT2D eigenvalue weighted by atomic mass is 32.1. The van der Waals surface area contributed by atoms with Crippen LogP contribution >= 0.6 is 11.3 Å². The molecule has 0 aliphatic carbocycles. The molecule has 1 heterocycles. The van der Waals surface area contributed by atoms with Crippen LogP contribution in [0.5, 0.6) is 5.75 Å². The molecule has 0 spiro atoms. The van der Waals surface area contributed by atoms with Crippen LogP contribution in [0, 0.1) is 0 Å². The van der Waals surface area contributed by atoms with Crippen LogP contribution in [0.2, 0.25) is 0 Å². The Morgan fingerprint density at radius 3 is 2.12 bits per heavy atom. The van der Waals surface area contributed by atoms with Crippen LogP contribution in [0.3, 0.4) is 0 Å². The van der Waals surface area contributed by atoms with Crippen molar-refractivity contribution in [3.8, 4) is 5.75 Å². The number of nitrogens with one attached hydrogen (secondary N) is 2. The third-order valence-corrected chi connectivity index (χ3v) is 6.10. The number of rotatable bonds is 6. The minimum absolute atomic E-state index is 0.156. The maximum atomic E-state index is 13.0. The molecule has 5 nitrogen and oxygen atoms in total. The average Bonchev–Trinajstić information content (AvgIpc) is 3.25. The highest BCUT2D eigenvalue weighted by Crippen LogP contribution is 2.39. The van der Waals surface area contributed by atoms with E-state index in [0.717, 1.165) is 27.4 Å². The van der Waals surface area contributed by atoms with Crippen LogP contribution < -0.4 is 10.6 Å². The summed E-state index contributed by atoms with van der Waals surface area (Å²) in [6.45, 7) is 12.6. The molecular formula is C27H33N3O2S. The van der Waals surface area contributed by atoms with Gasteiger partial charge in [-0.15, -0.1) is 11.3 Å². The van der Waals surface area contributed by atoms with Crippen molar-refractivity contribution in [2.45, 2.75) is 58.9 Å². The Balaban J connectivity index is 1.69. The van der Waals surface area contributed by atoms with Crippen LogP contribution in [-0.2, 0) is 17.4 Å². The number of aliphatic imine (C=N–C) groups is 1. The van der Waals surface area contributed by atoms with Crippen LogP contribution in [-0.4, -0.2) is 17.4 Å². The Morgan fingerprint density at radius 2 is 1.61 bits per heavy atom.